The number of imide groups is 1. The summed E-state index contributed by atoms with van der Waals surface area (Å²) >= 11 is 3.28. The Balaban J connectivity index is 2.60. The molecule has 0 aliphatic carbocycles. The van der Waals surface area contributed by atoms with Crippen molar-refractivity contribution in [2.24, 2.45) is 0 Å². The van der Waals surface area contributed by atoms with Gasteiger partial charge in [-0.2, -0.15) is 0 Å². The van der Waals surface area contributed by atoms with Crippen molar-refractivity contribution >= 4 is 27.7 Å². The Morgan fingerprint density at radius 1 is 1.33 bits per heavy atom. The predicted molar refractivity (Wildman–Crippen MR) is 85.0 cm³/mol. The molecule has 0 saturated carbocycles. The number of nitrogens with zero attached hydrogens (tertiary/aromatic N) is 1. The van der Waals surface area contributed by atoms with E-state index in [1.807, 2.05) is 18.7 Å². The molecule has 2 N–H and O–H groups in total. The monoisotopic (exact) mass is 356 g/mol. The molecular formula is C15H21BrN2O3. The number of carbonyl (C=O) groups is 2. The molecule has 1 rings (SSSR count). The van der Waals surface area contributed by atoms with Gasteiger partial charge in [-0.3, -0.25) is 19.8 Å². The maximum absolute atomic E-state index is 12.0. The third-order valence-corrected chi connectivity index (χ3v) is 3.74. The third-order valence-electron chi connectivity index (χ3n) is 3.05. The van der Waals surface area contributed by atoms with Crippen molar-refractivity contribution in [3.05, 3.63) is 34.3 Å². The lowest BCUT2D eigenvalue weighted by atomic mass is 10.2. The van der Waals surface area contributed by atoms with Gasteiger partial charge in [-0.15, -0.1) is 0 Å². The lowest BCUT2D eigenvalue weighted by Gasteiger charge is -2.25. The van der Waals surface area contributed by atoms with Crippen molar-refractivity contribution in [2.45, 2.75) is 26.3 Å². The average molecular weight is 357 g/mol. The fourth-order valence-corrected chi connectivity index (χ4v) is 2.32. The third kappa shape index (κ3) is 5.95. The summed E-state index contributed by atoms with van der Waals surface area (Å²) in [5, 5.41) is 11.3. The van der Waals surface area contributed by atoms with Gasteiger partial charge in [0.05, 0.1) is 12.1 Å². The zero-order chi connectivity index (χ0) is 15.8. The summed E-state index contributed by atoms with van der Waals surface area (Å²) in [5.41, 5.74) is 0.428. The number of hydrogen-bond donors (Lipinski definition) is 2. The van der Waals surface area contributed by atoms with E-state index in [1.165, 1.54) is 0 Å². The van der Waals surface area contributed by atoms with Gasteiger partial charge in [0.25, 0.3) is 5.91 Å². The first-order valence-electron chi connectivity index (χ1n) is 6.89. The minimum absolute atomic E-state index is 0.0841. The number of amides is 2. The molecule has 0 spiro atoms. The van der Waals surface area contributed by atoms with Crippen LogP contribution in [0.1, 0.15) is 30.6 Å². The number of halogens is 1. The molecule has 5 nitrogen and oxygen atoms in total. The van der Waals surface area contributed by atoms with E-state index in [1.54, 1.807) is 24.3 Å². The Labute approximate surface area is 133 Å². The van der Waals surface area contributed by atoms with Crippen LogP contribution in [0.3, 0.4) is 0 Å². The van der Waals surface area contributed by atoms with Crippen molar-refractivity contribution in [3.63, 3.8) is 0 Å². The second-order valence-corrected chi connectivity index (χ2v) is 5.85. The molecule has 0 aromatic heterocycles. The van der Waals surface area contributed by atoms with Gasteiger partial charge in [0.1, 0.15) is 0 Å². The lowest BCUT2D eigenvalue weighted by molar-refractivity contribution is -0.121. The number of benzene rings is 1. The van der Waals surface area contributed by atoms with Gasteiger partial charge in [0.2, 0.25) is 5.91 Å². The maximum Gasteiger partial charge on any atom is 0.259 e. The summed E-state index contributed by atoms with van der Waals surface area (Å²) in [7, 11) is 0. The Morgan fingerprint density at radius 3 is 2.57 bits per heavy atom. The highest BCUT2D eigenvalue weighted by Crippen LogP contribution is 2.15. The molecule has 0 aliphatic rings. The van der Waals surface area contributed by atoms with E-state index >= 15 is 0 Å². The molecule has 21 heavy (non-hydrogen) atoms. The van der Waals surface area contributed by atoms with Gasteiger partial charge in [0, 0.05) is 23.7 Å². The zero-order valence-electron chi connectivity index (χ0n) is 12.3. The summed E-state index contributed by atoms with van der Waals surface area (Å²) in [6, 6.07) is 7.12. The zero-order valence-corrected chi connectivity index (χ0v) is 13.9. The number of aliphatic hydroxyl groups is 1. The Kier molecular flexibility index (Phi) is 7.56. The fourth-order valence-electron chi connectivity index (χ4n) is 1.86. The molecule has 0 aliphatic heterocycles. The van der Waals surface area contributed by atoms with E-state index in [-0.39, 0.29) is 25.1 Å². The Morgan fingerprint density at radius 2 is 2.00 bits per heavy atom. The van der Waals surface area contributed by atoms with Crippen molar-refractivity contribution in [1.29, 1.82) is 0 Å². The standard InChI is InChI=1S/C15H21BrN2O3/c1-11(2)18(8-5-9-19)10-14(20)17-15(21)12-6-3-4-7-13(12)16/h3-4,6-7,11,19H,5,8-10H2,1-2H3,(H,17,20,21). The molecule has 0 radical (unpaired) electrons. The summed E-state index contributed by atoms with van der Waals surface area (Å²) in [6.07, 6.45) is 0.601. The van der Waals surface area contributed by atoms with Crippen LogP contribution in [-0.4, -0.2) is 47.6 Å². The predicted octanol–water partition coefficient (Wildman–Crippen LogP) is 1.80. The average Bonchev–Trinajstić information content (AvgIpc) is 2.43. The van der Waals surface area contributed by atoms with Crippen LogP contribution in [0.2, 0.25) is 0 Å². The Bertz CT molecular complexity index is 492. The molecule has 0 fully saturated rings. The first-order valence-corrected chi connectivity index (χ1v) is 7.68. The molecule has 0 heterocycles. The van der Waals surface area contributed by atoms with Crippen LogP contribution in [0.15, 0.2) is 28.7 Å². The van der Waals surface area contributed by atoms with E-state index < -0.39 is 5.91 Å². The lowest BCUT2D eigenvalue weighted by Crippen LogP contribution is -2.43. The van der Waals surface area contributed by atoms with Gasteiger partial charge in [-0.05, 0) is 48.3 Å². The van der Waals surface area contributed by atoms with Gasteiger partial charge in [-0.1, -0.05) is 12.1 Å². The molecule has 116 valence electrons. The van der Waals surface area contributed by atoms with Crippen LogP contribution >= 0.6 is 15.9 Å². The highest BCUT2D eigenvalue weighted by Gasteiger charge is 2.17. The summed E-state index contributed by atoms with van der Waals surface area (Å²) in [5.74, 6) is -0.763. The van der Waals surface area contributed by atoms with Crippen LogP contribution in [0.4, 0.5) is 0 Å². The van der Waals surface area contributed by atoms with E-state index in [0.29, 0.717) is 23.0 Å². The quantitative estimate of drug-likeness (QED) is 0.781. The molecule has 1 aromatic rings. The van der Waals surface area contributed by atoms with E-state index in [2.05, 4.69) is 21.2 Å². The van der Waals surface area contributed by atoms with Crippen LogP contribution in [0, 0.1) is 0 Å². The number of nitrogens with one attached hydrogen (secondary N) is 1. The van der Waals surface area contributed by atoms with Gasteiger partial charge >= 0.3 is 0 Å². The molecule has 0 saturated heterocycles. The van der Waals surface area contributed by atoms with Crippen molar-refractivity contribution < 1.29 is 14.7 Å². The maximum atomic E-state index is 12.0. The topological polar surface area (TPSA) is 69.6 Å². The summed E-state index contributed by atoms with van der Waals surface area (Å²) in [6.45, 7) is 4.78. The van der Waals surface area contributed by atoms with E-state index in [4.69, 9.17) is 5.11 Å². The van der Waals surface area contributed by atoms with Crippen molar-refractivity contribution in [2.75, 3.05) is 19.7 Å². The normalized spacial score (nSPS) is 11.0. The van der Waals surface area contributed by atoms with Crippen LogP contribution < -0.4 is 5.32 Å². The summed E-state index contributed by atoms with van der Waals surface area (Å²) in [4.78, 5) is 25.9. The van der Waals surface area contributed by atoms with E-state index in [0.717, 1.165) is 0 Å². The van der Waals surface area contributed by atoms with Crippen LogP contribution in [-0.2, 0) is 4.79 Å². The van der Waals surface area contributed by atoms with Crippen molar-refractivity contribution in [3.8, 4) is 0 Å². The van der Waals surface area contributed by atoms with Crippen LogP contribution in [0.25, 0.3) is 0 Å². The van der Waals surface area contributed by atoms with Gasteiger partial charge < -0.3 is 5.11 Å². The number of rotatable bonds is 7. The smallest absolute Gasteiger partial charge is 0.259 e. The molecule has 6 heteroatoms. The SMILES string of the molecule is CC(C)N(CCCO)CC(=O)NC(=O)c1ccccc1Br. The molecule has 0 unspecified atom stereocenters. The Hall–Kier alpha value is -1.24. The van der Waals surface area contributed by atoms with Crippen molar-refractivity contribution in [1.82, 2.24) is 10.2 Å². The van der Waals surface area contributed by atoms with Crippen LogP contribution in [0.5, 0.6) is 0 Å². The highest BCUT2D eigenvalue weighted by molar-refractivity contribution is 9.10. The molecule has 2 amide bonds. The number of aliphatic hydroxyl groups excluding tert-OH is 1. The largest absolute Gasteiger partial charge is 0.396 e. The first-order chi connectivity index (χ1) is 9.95. The minimum Gasteiger partial charge on any atom is -0.396 e. The summed E-state index contributed by atoms with van der Waals surface area (Å²) < 4.78 is 0.649. The van der Waals surface area contributed by atoms with Gasteiger partial charge in [0.15, 0.2) is 0 Å². The van der Waals surface area contributed by atoms with E-state index in [9.17, 15) is 9.59 Å². The fraction of sp³-hybridized carbons (Fsp3) is 0.467. The second-order valence-electron chi connectivity index (χ2n) is 5.00. The van der Waals surface area contributed by atoms with Gasteiger partial charge in [-0.25, -0.2) is 0 Å². The molecular weight excluding hydrogens is 336 g/mol. The second kappa shape index (κ2) is 8.92. The molecule has 1 aromatic carbocycles. The molecule has 0 bridgehead atoms. The number of carbonyl (C=O) groups excluding carboxylic acids is 2. The number of hydrogen-bond acceptors (Lipinski definition) is 4. The highest BCUT2D eigenvalue weighted by atomic mass is 79.9. The molecule has 0 atom stereocenters. The first kappa shape index (κ1) is 17.8. The minimum atomic E-state index is -0.418.